The van der Waals surface area contributed by atoms with E-state index in [4.69, 9.17) is 11.2 Å². The first-order chi connectivity index (χ1) is 4.35. The molecule has 1 radical (unpaired) electrons. The average molecular weight is 125 g/mol. The zero-order valence-electron chi connectivity index (χ0n) is 6.11. The Morgan fingerprint density at radius 3 is 2.67 bits per heavy atom. The number of unbranched alkanes of at least 4 members (excludes halogenated alkanes) is 1. The lowest BCUT2D eigenvalue weighted by atomic mass is 10.2. The Hall–Kier alpha value is -0.480. The second-order valence-electron chi connectivity index (χ2n) is 2.01. The van der Waals surface area contributed by atoms with E-state index in [0.717, 1.165) is 19.3 Å². The second-order valence-corrected chi connectivity index (χ2v) is 2.01. The lowest BCUT2D eigenvalue weighted by molar-refractivity contribution is 0.139. The third-order valence-electron chi connectivity index (χ3n) is 1.27. The van der Waals surface area contributed by atoms with E-state index in [1.54, 1.807) is 7.11 Å². The number of methoxy groups -OCH3 is 1. The maximum absolute atomic E-state index is 6.76. The summed E-state index contributed by atoms with van der Waals surface area (Å²) in [7, 11) is 1.61. The van der Waals surface area contributed by atoms with Crippen LogP contribution in [0.4, 0.5) is 0 Å². The highest BCUT2D eigenvalue weighted by molar-refractivity contribution is 4.87. The monoisotopic (exact) mass is 125 g/mol. The van der Waals surface area contributed by atoms with Crippen molar-refractivity contribution in [1.29, 1.82) is 0 Å². The van der Waals surface area contributed by atoms with Crippen molar-refractivity contribution in [1.82, 2.24) is 0 Å². The predicted molar refractivity (Wildman–Crippen MR) is 37.5 cm³/mol. The molecule has 0 rings (SSSR count). The molecule has 51 valence electrons. The van der Waals surface area contributed by atoms with E-state index in [2.05, 4.69) is 12.8 Å². The number of ether oxygens (including phenoxy) is 1. The number of rotatable bonds is 4. The first kappa shape index (κ1) is 8.52. The van der Waals surface area contributed by atoms with Crippen LogP contribution >= 0.6 is 0 Å². The quantitative estimate of drug-likeness (QED) is 0.520. The largest absolute Gasteiger partial charge is 0.369 e. The van der Waals surface area contributed by atoms with Crippen LogP contribution in [0.15, 0.2) is 0 Å². The van der Waals surface area contributed by atoms with Gasteiger partial charge in [-0.2, -0.15) is 0 Å². The van der Waals surface area contributed by atoms with Crippen LogP contribution in [0.25, 0.3) is 0 Å². The number of hydrogen-bond donors (Lipinski definition) is 0. The summed E-state index contributed by atoms with van der Waals surface area (Å²) in [5.41, 5.74) is 0. The molecule has 0 amide bonds. The fourth-order valence-corrected chi connectivity index (χ4v) is 0.638. The lowest BCUT2D eigenvalue weighted by Gasteiger charge is -2.05. The molecule has 9 heavy (non-hydrogen) atoms. The van der Waals surface area contributed by atoms with E-state index in [9.17, 15) is 0 Å². The third-order valence-corrected chi connectivity index (χ3v) is 1.27. The summed E-state index contributed by atoms with van der Waals surface area (Å²) >= 11 is 0. The molecule has 0 aromatic heterocycles. The highest BCUT2D eigenvalue weighted by Gasteiger charge is 1.99. The minimum absolute atomic E-state index is 0.0788. The van der Waals surface area contributed by atoms with Gasteiger partial charge in [-0.05, 0) is 12.8 Å². The van der Waals surface area contributed by atoms with Crippen LogP contribution in [-0.4, -0.2) is 13.2 Å². The molecule has 0 saturated carbocycles. The first-order valence-corrected chi connectivity index (χ1v) is 3.30. The normalized spacial score (nSPS) is 12.6. The third kappa shape index (κ3) is 4.05. The molecule has 1 heteroatoms. The number of hydrogen-bond acceptors (Lipinski definition) is 1. The summed E-state index contributed by atoms with van der Waals surface area (Å²) in [6.07, 6.45) is 9.88. The highest BCUT2D eigenvalue weighted by atomic mass is 16.5. The molecule has 0 bridgehead atoms. The minimum Gasteiger partial charge on any atom is -0.369 e. The zero-order valence-corrected chi connectivity index (χ0v) is 6.11. The van der Waals surface area contributed by atoms with Crippen molar-refractivity contribution in [2.75, 3.05) is 7.11 Å². The Bertz CT molecular complexity index is 91.2. The van der Waals surface area contributed by atoms with Crippen LogP contribution < -0.4 is 0 Å². The van der Waals surface area contributed by atoms with E-state index in [1.165, 1.54) is 0 Å². The SMILES string of the molecule is [C]#CC(CCCC)OC. The smallest absolute Gasteiger partial charge is 0.118 e. The van der Waals surface area contributed by atoms with Crippen molar-refractivity contribution in [2.24, 2.45) is 0 Å². The van der Waals surface area contributed by atoms with Gasteiger partial charge in [0.05, 0.1) is 0 Å². The second kappa shape index (κ2) is 5.65. The molecular weight excluding hydrogens is 112 g/mol. The van der Waals surface area contributed by atoms with Gasteiger partial charge in [-0.15, -0.1) is 0 Å². The molecule has 0 aromatic rings. The molecule has 0 heterocycles. The fourth-order valence-electron chi connectivity index (χ4n) is 0.638. The van der Waals surface area contributed by atoms with E-state index in [1.807, 2.05) is 0 Å². The van der Waals surface area contributed by atoms with Gasteiger partial charge in [-0.1, -0.05) is 25.7 Å². The molecule has 0 aromatic carbocycles. The molecule has 0 saturated heterocycles. The first-order valence-electron chi connectivity index (χ1n) is 3.30. The van der Waals surface area contributed by atoms with Crippen LogP contribution in [0.1, 0.15) is 26.2 Å². The van der Waals surface area contributed by atoms with Gasteiger partial charge in [0.2, 0.25) is 0 Å². The maximum Gasteiger partial charge on any atom is 0.118 e. The molecule has 0 spiro atoms. The van der Waals surface area contributed by atoms with Crippen LogP contribution in [0.5, 0.6) is 0 Å². The minimum atomic E-state index is -0.0788. The Balaban J connectivity index is 3.23. The van der Waals surface area contributed by atoms with Gasteiger partial charge in [0.15, 0.2) is 0 Å². The van der Waals surface area contributed by atoms with Gasteiger partial charge in [0, 0.05) is 7.11 Å². The van der Waals surface area contributed by atoms with Gasteiger partial charge in [0.1, 0.15) is 6.10 Å². The molecular formula is C8H13O. The molecule has 0 fully saturated rings. The van der Waals surface area contributed by atoms with E-state index < -0.39 is 0 Å². The van der Waals surface area contributed by atoms with Crippen molar-refractivity contribution < 1.29 is 4.74 Å². The predicted octanol–water partition coefficient (Wildman–Crippen LogP) is 1.78. The van der Waals surface area contributed by atoms with Gasteiger partial charge >= 0.3 is 0 Å². The standard InChI is InChI=1S/C8H13O/c1-4-6-7-8(5-2)9-3/h8H,4,6-7H2,1,3H3. The maximum atomic E-state index is 6.76. The van der Waals surface area contributed by atoms with Crippen molar-refractivity contribution in [3.63, 3.8) is 0 Å². The van der Waals surface area contributed by atoms with Crippen LogP contribution in [0, 0.1) is 12.3 Å². The van der Waals surface area contributed by atoms with Crippen molar-refractivity contribution in [2.45, 2.75) is 32.3 Å². The van der Waals surface area contributed by atoms with Gasteiger partial charge in [0.25, 0.3) is 0 Å². The molecule has 0 aliphatic carbocycles. The highest BCUT2D eigenvalue weighted by Crippen LogP contribution is 2.01. The average Bonchev–Trinajstić information content (AvgIpc) is 1.91. The van der Waals surface area contributed by atoms with E-state index >= 15 is 0 Å². The van der Waals surface area contributed by atoms with Crippen LogP contribution in [0.3, 0.4) is 0 Å². The van der Waals surface area contributed by atoms with Crippen molar-refractivity contribution in [3.8, 4) is 5.92 Å². The topological polar surface area (TPSA) is 9.23 Å². The summed E-state index contributed by atoms with van der Waals surface area (Å²) in [4.78, 5) is 0. The fraction of sp³-hybridized carbons (Fsp3) is 0.750. The Morgan fingerprint density at radius 2 is 2.33 bits per heavy atom. The van der Waals surface area contributed by atoms with E-state index in [-0.39, 0.29) is 6.10 Å². The van der Waals surface area contributed by atoms with Gasteiger partial charge < -0.3 is 4.74 Å². The Kier molecular flexibility index (Phi) is 5.35. The van der Waals surface area contributed by atoms with Gasteiger partial charge in [-0.3, -0.25) is 0 Å². The molecule has 0 aliphatic heterocycles. The zero-order chi connectivity index (χ0) is 7.11. The summed E-state index contributed by atoms with van der Waals surface area (Å²) in [5, 5.41) is 0. The summed E-state index contributed by atoms with van der Waals surface area (Å²) < 4.78 is 4.90. The molecule has 0 N–H and O–H groups in total. The Morgan fingerprint density at radius 1 is 1.67 bits per heavy atom. The molecule has 1 unspecified atom stereocenters. The van der Waals surface area contributed by atoms with Crippen LogP contribution in [-0.2, 0) is 4.74 Å². The summed E-state index contributed by atoms with van der Waals surface area (Å²) in [6, 6.07) is 0. The van der Waals surface area contributed by atoms with Crippen LogP contribution in [0.2, 0.25) is 0 Å². The Labute approximate surface area is 57.4 Å². The summed E-state index contributed by atoms with van der Waals surface area (Å²) in [6.45, 7) is 2.12. The van der Waals surface area contributed by atoms with E-state index in [0.29, 0.717) is 0 Å². The lowest BCUT2D eigenvalue weighted by Crippen LogP contribution is -2.05. The van der Waals surface area contributed by atoms with Crippen molar-refractivity contribution >= 4 is 0 Å². The molecule has 1 nitrogen and oxygen atoms in total. The molecule has 0 aliphatic rings. The summed E-state index contributed by atoms with van der Waals surface area (Å²) in [5.74, 6) is 2.31. The van der Waals surface area contributed by atoms with Gasteiger partial charge in [-0.25, -0.2) is 0 Å². The molecule has 1 atom stereocenters. The van der Waals surface area contributed by atoms with Crippen molar-refractivity contribution in [3.05, 3.63) is 6.42 Å².